The summed E-state index contributed by atoms with van der Waals surface area (Å²) in [6, 6.07) is -1.17. The number of carbonyl (C=O) groups excluding carboxylic acids is 3. The molecular weight excluding hydrogens is 276 g/mol. The standard InChI is InChI=1S/C14H22N2O5/c1-14(2,3)21-13(19)16-7-4-5-10(16)11(17)15-9-6-8-20-12(9)18/h9-10H,4-8H2,1-3H3,(H,15,17)/t9-,10?/m0/s1. The van der Waals surface area contributed by atoms with Gasteiger partial charge in [-0.15, -0.1) is 0 Å². The van der Waals surface area contributed by atoms with Crippen LogP contribution < -0.4 is 5.32 Å². The first-order chi connectivity index (χ1) is 9.78. The Morgan fingerprint density at radius 1 is 1.33 bits per heavy atom. The second kappa shape index (κ2) is 5.91. The minimum atomic E-state index is -0.601. The summed E-state index contributed by atoms with van der Waals surface area (Å²) >= 11 is 0. The van der Waals surface area contributed by atoms with E-state index in [4.69, 9.17) is 9.47 Å². The molecule has 1 N–H and O–H groups in total. The van der Waals surface area contributed by atoms with Crippen molar-refractivity contribution in [2.24, 2.45) is 0 Å². The van der Waals surface area contributed by atoms with Crippen LogP contribution in [0.5, 0.6) is 0 Å². The number of hydrogen-bond donors (Lipinski definition) is 1. The van der Waals surface area contributed by atoms with Crippen molar-refractivity contribution in [2.75, 3.05) is 13.2 Å². The third-order valence-electron chi connectivity index (χ3n) is 3.44. The molecule has 2 fully saturated rings. The van der Waals surface area contributed by atoms with Crippen molar-refractivity contribution in [3.8, 4) is 0 Å². The number of amides is 2. The van der Waals surface area contributed by atoms with Gasteiger partial charge in [-0.3, -0.25) is 9.69 Å². The van der Waals surface area contributed by atoms with Gasteiger partial charge >= 0.3 is 12.1 Å². The molecule has 2 aliphatic heterocycles. The van der Waals surface area contributed by atoms with Crippen LogP contribution in [-0.4, -0.2) is 53.7 Å². The molecule has 0 spiro atoms. The molecule has 2 rings (SSSR count). The molecule has 7 heteroatoms. The topological polar surface area (TPSA) is 84.9 Å². The van der Waals surface area contributed by atoms with E-state index in [-0.39, 0.29) is 5.91 Å². The number of rotatable bonds is 2. The summed E-state index contributed by atoms with van der Waals surface area (Å²) in [6.45, 7) is 6.16. The summed E-state index contributed by atoms with van der Waals surface area (Å²) < 4.78 is 10.1. The maximum absolute atomic E-state index is 12.3. The summed E-state index contributed by atoms with van der Waals surface area (Å²) in [7, 11) is 0. The Morgan fingerprint density at radius 2 is 2.05 bits per heavy atom. The Hall–Kier alpha value is -1.79. The van der Waals surface area contributed by atoms with Crippen LogP contribution in [-0.2, 0) is 19.1 Å². The highest BCUT2D eigenvalue weighted by Gasteiger charge is 2.38. The fourth-order valence-corrected chi connectivity index (χ4v) is 2.47. The van der Waals surface area contributed by atoms with Crippen molar-refractivity contribution in [3.05, 3.63) is 0 Å². The highest BCUT2D eigenvalue weighted by atomic mass is 16.6. The van der Waals surface area contributed by atoms with Crippen LogP contribution in [0, 0.1) is 0 Å². The molecule has 0 aromatic carbocycles. The van der Waals surface area contributed by atoms with Gasteiger partial charge in [0.05, 0.1) is 6.61 Å². The Morgan fingerprint density at radius 3 is 2.62 bits per heavy atom. The van der Waals surface area contributed by atoms with E-state index in [1.54, 1.807) is 20.8 Å². The van der Waals surface area contributed by atoms with Gasteiger partial charge in [-0.25, -0.2) is 9.59 Å². The predicted molar refractivity (Wildman–Crippen MR) is 73.5 cm³/mol. The average Bonchev–Trinajstić information content (AvgIpc) is 2.96. The molecule has 0 aliphatic carbocycles. The molecule has 0 aromatic rings. The molecule has 2 atom stereocenters. The Labute approximate surface area is 123 Å². The normalized spacial score (nSPS) is 25.7. The summed E-state index contributed by atoms with van der Waals surface area (Å²) in [5.41, 5.74) is -0.601. The summed E-state index contributed by atoms with van der Waals surface area (Å²) in [4.78, 5) is 37.2. The quantitative estimate of drug-likeness (QED) is 0.763. The van der Waals surface area contributed by atoms with E-state index in [1.165, 1.54) is 4.90 Å². The molecule has 0 bridgehead atoms. The van der Waals surface area contributed by atoms with E-state index in [0.717, 1.165) is 6.42 Å². The predicted octanol–water partition coefficient (Wildman–Crippen LogP) is 0.818. The lowest BCUT2D eigenvalue weighted by Gasteiger charge is -2.28. The first kappa shape index (κ1) is 15.6. The zero-order chi connectivity index (χ0) is 15.6. The summed E-state index contributed by atoms with van der Waals surface area (Å²) in [5, 5.41) is 2.66. The molecule has 21 heavy (non-hydrogen) atoms. The number of carbonyl (C=O) groups is 3. The minimum Gasteiger partial charge on any atom is -0.464 e. The largest absolute Gasteiger partial charge is 0.464 e. The number of likely N-dealkylation sites (tertiary alicyclic amines) is 1. The van der Waals surface area contributed by atoms with Crippen molar-refractivity contribution >= 4 is 18.0 Å². The molecule has 0 aromatic heterocycles. The van der Waals surface area contributed by atoms with E-state index in [2.05, 4.69) is 5.32 Å². The SMILES string of the molecule is CC(C)(C)OC(=O)N1CCCC1C(=O)N[C@H]1CCOC1=O. The molecule has 0 saturated carbocycles. The molecule has 2 heterocycles. The van der Waals surface area contributed by atoms with E-state index < -0.39 is 29.7 Å². The number of cyclic esters (lactones) is 1. The lowest BCUT2D eigenvalue weighted by molar-refractivity contribution is -0.141. The molecule has 2 saturated heterocycles. The number of ether oxygens (including phenoxy) is 2. The molecule has 118 valence electrons. The van der Waals surface area contributed by atoms with Crippen molar-refractivity contribution in [1.82, 2.24) is 10.2 Å². The van der Waals surface area contributed by atoms with Gasteiger partial charge in [0.25, 0.3) is 0 Å². The van der Waals surface area contributed by atoms with Crippen LogP contribution >= 0.6 is 0 Å². The second-order valence-corrected chi connectivity index (χ2v) is 6.35. The van der Waals surface area contributed by atoms with Crippen LogP contribution in [0.3, 0.4) is 0 Å². The lowest BCUT2D eigenvalue weighted by atomic mass is 10.1. The summed E-state index contributed by atoms with van der Waals surface area (Å²) in [6.07, 6.45) is 1.30. The Balaban J connectivity index is 1.96. The first-order valence-corrected chi connectivity index (χ1v) is 7.24. The maximum atomic E-state index is 12.3. The van der Waals surface area contributed by atoms with Crippen LogP contribution in [0.25, 0.3) is 0 Å². The van der Waals surface area contributed by atoms with Gasteiger partial charge in [-0.1, -0.05) is 0 Å². The van der Waals surface area contributed by atoms with Crippen LogP contribution in [0.15, 0.2) is 0 Å². The first-order valence-electron chi connectivity index (χ1n) is 7.24. The number of nitrogens with one attached hydrogen (secondary N) is 1. The van der Waals surface area contributed by atoms with Gasteiger partial charge in [0.15, 0.2) is 0 Å². The van der Waals surface area contributed by atoms with Gasteiger partial charge in [0.1, 0.15) is 17.7 Å². The van der Waals surface area contributed by atoms with Crippen molar-refractivity contribution in [3.63, 3.8) is 0 Å². The van der Waals surface area contributed by atoms with E-state index in [9.17, 15) is 14.4 Å². The molecule has 2 amide bonds. The van der Waals surface area contributed by atoms with Crippen LogP contribution in [0.2, 0.25) is 0 Å². The smallest absolute Gasteiger partial charge is 0.410 e. The van der Waals surface area contributed by atoms with E-state index in [0.29, 0.717) is 26.0 Å². The molecular formula is C14H22N2O5. The van der Waals surface area contributed by atoms with E-state index in [1.807, 2.05) is 0 Å². The van der Waals surface area contributed by atoms with Gasteiger partial charge in [0.2, 0.25) is 5.91 Å². The zero-order valence-corrected chi connectivity index (χ0v) is 12.7. The average molecular weight is 298 g/mol. The fraction of sp³-hybridized carbons (Fsp3) is 0.786. The number of esters is 1. The number of hydrogen-bond acceptors (Lipinski definition) is 5. The monoisotopic (exact) mass is 298 g/mol. The molecule has 2 aliphatic rings. The highest BCUT2D eigenvalue weighted by Crippen LogP contribution is 2.21. The van der Waals surface area contributed by atoms with Gasteiger partial charge in [-0.05, 0) is 33.6 Å². The van der Waals surface area contributed by atoms with Crippen molar-refractivity contribution in [2.45, 2.75) is 57.7 Å². The van der Waals surface area contributed by atoms with Crippen molar-refractivity contribution in [1.29, 1.82) is 0 Å². The third-order valence-corrected chi connectivity index (χ3v) is 3.44. The molecule has 0 radical (unpaired) electrons. The molecule has 7 nitrogen and oxygen atoms in total. The van der Waals surface area contributed by atoms with Gasteiger partial charge in [0, 0.05) is 13.0 Å². The van der Waals surface area contributed by atoms with Crippen LogP contribution in [0.4, 0.5) is 4.79 Å². The van der Waals surface area contributed by atoms with E-state index >= 15 is 0 Å². The molecule has 1 unspecified atom stereocenters. The third kappa shape index (κ3) is 3.86. The second-order valence-electron chi connectivity index (χ2n) is 6.35. The van der Waals surface area contributed by atoms with Gasteiger partial charge < -0.3 is 14.8 Å². The fourth-order valence-electron chi connectivity index (χ4n) is 2.47. The van der Waals surface area contributed by atoms with Crippen LogP contribution in [0.1, 0.15) is 40.0 Å². The Kier molecular flexibility index (Phi) is 4.39. The lowest BCUT2D eigenvalue weighted by Crippen LogP contribution is -2.50. The van der Waals surface area contributed by atoms with Crippen molar-refractivity contribution < 1.29 is 23.9 Å². The summed E-state index contributed by atoms with van der Waals surface area (Å²) in [5.74, 6) is -0.729. The van der Waals surface area contributed by atoms with Gasteiger partial charge in [-0.2, -0.15) is 0 Å². The Bertz CT molecular complexity index is 443. The zero-order valence-electron chi connectivity index (χ0n) is 12.7. The number of nitrogens with zero attached hydrogens (tertiary/aromatic N) is 1. The maximum Gasteiger partial charge on any atom is 0.410 e. The highest BCUT2D eigenvalue weighted by molar-refractivity contribution is 5.90. The minimum absolute atomic E-state index is 0.317.